The van der Waals surface area contributed by atoms with E-state index in [0.717, 1.165) is 31.5 Å². The smallest absolute Gasteiger partial charge is 0.274 e. The molecule has 9 heteroatoms. The molecule has 0 spiro atoms. The number of halogens is 1. The fraction of sp³-hybridized carbons (Fsp3) is 0.474. The zero-order chi connectivity index (χ0) is 19.7. The Kier molecular flexibility index (Phi) is 5.20. The van der Waals surface area contributed by atoms with E-state index in [2.05, 4.69) is 5.10 Å². The highest BCUT2D eigenvalue weighted by molar-refractivity contribution is 7.88. The molecule has 7 nitrogen and oxygen atoms in total. The van der Waals surface area contributed by atoms with Crippen molar-refractivity contribution in [3.05, 3.63) is 53.1 Å². The molecule has 4 rings (SSSR count). The van der Waals surface area contributed by atoms with E-state index < -0.39 is 15.8 Å². The number of aryl methyl sites for hydroxylation is 2. The van der Waals surface area contributed by atoms with Gasteiger partial charge in [-0.15, -0.1) is 0 Å². The van der Waals surface area contributed by atoms with E-state index in [1.807, 2.05) is 10.7 Å². The molecule has 0 saturated carbocycles. The molecule has 1 amide bonds. The van der Waals surface area contributed by atoms with Gasteiger partial charge in [-0.1, -0.05) is 18.2 Å². The van der Waals surface area contributed by atoms with Gasteiger partial charge in [0.05, 0.1) is 5.75 Å². The van der Waals surface area contributed by atoms with Gasteiger partial charge in [-0.05, 0) is 31.4 Å². The van der Waals surface area contributed by atoms with Gasteiger partial charge in [0.1, 0.15) is 5.82 Å². The largest absolute Gasteiger partial charge is 0.335 e. The molecule has 1 fully saturated rings. The first-order valence-electron chi connectivity index (χ1n) is 9.51. The molecule has 0 atom stereocenters. The lowest BCUT2D eigenvalue weighted by molar-refractivity contribution is 0.0691. The van der Waals surface area contributed by atoms with Crippen molar-refractivity contribution in [3.63, 3.8) is 0 Å². The lowest BCUT2D eigenvalue weighted by Crippen LogP contribution is -2.50. The minimum atomic E-state index is -3.64. The summed E-state index contributed by atoms with van der Waals surface area (Å²) >= 11 is 0. The van der Waals surface area contributed by atoms with Crippen LogP contribution in [0.4, 0.5) is 4.39 Å². The van der Waals surface area contributed by atoms with Gasteiger partial charge in [0.15, 0.2) is 5.69 Å². The number of aromatic nitrogens is 2. The summed E-state index contributed by atoms with van der Waals surface area (Å²) in [6, 6.07) is 7.74. The van der Waals surface area contributed by atoms with Gasteiger partial charge in [-0.25, -0.2) is 12.8 Å². The average Bonchev–Trinajstić information content (AvgIpc) is 3.13. The Bertz CT molecular complexity index is 957. The highest BCUT2D eigenvalue weighted by Gasteiger charge is 2.31. The molecular weight excluding hydrogens is 383 g/mol. The standard InChI is InChI=1S/C19H23FN4O3S/c20-17-7-2-1-5-15(17)14-28(26,27)23-11-9-22(10-12-23)19(25)18-13-16-6-3-4-8-24(16)21-18/h1-2,5,7,13H,3-4,6,8-12,14H2. The third-order valence-electron chi connectivity index (χ3n) is 5.35. The van der Waals surface area contributed by atoms with Crippen molar-refractivity contribution in [3.8, 4) is 0 Å². The first kappa shape index (κ1) is 19.1. The summed E-state index contributed by atoms with van der Waals surface area (Å²) in [5.41, 5.74) is 1.67. The number of nitrogens with zero attached hydrogens (tertiary/aromatic N) is 4. The molecule has 0 aliphatic carbocycles. The normalized spacial score (nSPS) is 18.1. The van der Waals surface area contributed by atoms with E-state index in [4.69, 9.17) is 0 Å². The summed E-state index contributed by atoms with van der Waals surface area (Å²) in [4.78, 5) is 14.4. The molecule has 3 heterocycles. The van der Waals surface area contributed by atoms with Crippen LogP contribution < -0.4 is 0 Å². The van der Waals surface area contributed by atoms with E-state index in [1.54, 1.807) is 11.0 Å². The molecule has 2 aromatic rings. The number of carbonyl (C=O) groups excluding carboxylic acids is 1. The van der Waals surface area contributed by atoms with Crippen LogP contribution in [0.1, 0.15) is 34.6 Å². The quantitative estimate of drug-likeness (QED) is 0.774. The molecule has 28 heavy (non-hydrogen) atoms. The maximum atomic E-state index is 13.8. The lowest BCUT2D eigenvalue weighted by Gasteiger charge is -2.33. The van der Waals surface area contributed by atoms with E-state index in [-0.39, 0.29) is 30.3 Å². The molecule has 1 saturated heterocycles. The fourth-order valence-corrected chi connectivity index (χ4v) is 5.29. The number of fused-ring (bicyclic) bond motifs is 1. The maximum Gasteiger partial charge on any atom is 0.274 e. The van der Waals surface area contributed by atoms with E-state index in [1.165, 1.54) is 22.5 Å². The monoisotopic (exact) mass is 406 g/mol. The predicted molar refractivity (Wildman–Crippen MR) is 102 cm³/mol. The zero-order valence-electron chi connectivity index (χ0n) is 15.6. The van der Waals surface area contributed by atoms with Crippen LogP contribution in [-0.4, -0.2) is 59.5 Å². The molecular formula is C19H23FN4O3S. The third-order valence-corrected chi connectivity index (χ3v) is 7.18. The summed E-state index contributed by atoms with van der Waals surface area (Å²) in [7, 11) is -3.64. The molecule has 0 N–H and O–H groups in total. The number of amides is 1. The highest BCUT2D eigenvalue weighted by atomic mass is 32.2. The Labute approximate surface area is 163 Å². The Hall–Kier alpha value is -2.26. The number of piperazine rings is 1. The van der Waals surface area contributed by atoms with Crippen molar-refractivity contribution in [2.45, 2.75) is 31.6 Å². The van der Waals surface area contributed by atoms with Crippen LogP contribution in [0.25, 0.3) is 0 Å². The van der Waals surface area contributed by atoms with Crippen LogP contribution >= 0.6 is 0 Å². The van der Waals surface area contributed by atoms with Crippen LogP contribution in [-0.2, 0) is 28.7 Å². The molecule has 1 aromatic carbocycles. The molecule has 2 aliphatic heterocycles. The number of sulfonamides is 1. The Balaban J connectivity index is 1.39. The van der Waals surface area contributed by atoms with E-state index >= 15 is 0 Å². The zero-order valence-corrected chi connectivity index (χ0v) is 16.4. The van der Waals surface area contributed by atoms with Crippen molar-refractivity contribution in [1.29, 1.82) is 0 Å². The Morgan fingerprint density at radius 3 is 2.54 bits per heavy atom. The van der Waals surface area contributed by atoms with E-state index in [0.29, 0.717) is 18.8 Å². The average molecular weight is 406 g/mol. The topological polar surface area (TPSA) is 75.5 Å². The summed E-state index contributed by atoms with van der Waals surface area (Å²) < 4.78 is 42.3. The van der Waals surface area contributed by atoms with Crippen LogP contribution in [0.2, 0.25) is 0 Å². The lowest BCUT2D eigenvalue weighted by atomic mass is 10.1. The fourth-order valence-electron chi connectivity index (χ4n) is 3.76. The van der Waals surface area contributed by atoms with Gasteiger partial charge in [0.25, 0.3) is 5.91 Å². The van der Waals surface area contributed by atoms with E-state index in [9.17, 15) is 17.6 Å². The number of hydrogen-bond donors (Lipinski definition) is 0. The molecule has 0 unspecified atom stereocenters. The van der Waals surface area contributed by atoms with Gasteiger partial charge >= 0.3 is 0 Å². The van der Waals surface area contributed by atoms with Gasteiger partial charge in [0, 0.05) is 44.0 Å². The summed E-state index contributed by atoms with van der Waals surface area (Å²) in [5, 5.41) is 4.41. The second-order valence-corrected chi connectivity index (χ2v) is 9.21. The van der Waals surface area contributed by atoms with Crippen molar-refractivity contribution in [2.75, 3.05) is 26.2 Å². The van der Waals surface area contributed by atoms with Gasteiger partial charge in [-0.2, -0.15) is 9.40 Å². The highest BCUT2D eigenvalue weighted by Crippen LogP contribution is 2.19. The minimum absolute atomic E-state index is 0.157. The van der Waals surface area contributed by atoms with Crippen molar-refractivity contribution < 1.29 is 17.6 Å². The van der Waals surface area contributed by atoms with Crippen molar-refractivity contribution >= 4 is 15.9 Å². The number of benzene rings is 1. The van der Waals surface area contributed by atoms with Crippen LogP contribution in [0.15, 0.2) is 30.3 Å². The van der Waals surface area contributed by atoms with Gasteiger partial charge in [0.2, 0.25) is 10.0 Å². The summed E-state index contributed by atoms with van der Waals surface area (Å²) in [6.07, 6.45) is 3.11. The SMILES string of the molecule is O=C(c1cc2n(n1)CCCC2)N1CCN(S(=O)(=O)Cc2ccccc2F)CC1. The third kappa shape index (κ3) is 3.81. The predicted octanol–water partition coefficient (Wildman–Crippen LogP) is 1.65. The number of hydrogen-bond acceptors (Lipinski definition) is 4. The maximum absolute atomic E-state index is 13.8. The van der Waals surface area contributed by atoms with Gasteiger partial charge < -0.3 is 4.90 Å². The summed E-state index contributed by atoms with van der Waals surface area (Å²) in [5.74, 6) is -1.06. The Morgan fingerprint density at radius 2 is 1.82 bits per heavy atom. The molecule has 0 radical (unpaired) electrons. The summed E-state index contributed by atoms with van der Waals surface area (Å²) in [6.45, 7) is 1.85. The van der Waals surface area contributed by atoms with Crippen LogP contribution in [0.5, 0.6) is 0 Å². The minimum Gasteiger partial charge on any atom is -0.335 e. The van der Waals surface area contributed by atoms with Crippen molar-refractivity contribution in [1.82, 2.24) is 19.0 Å². The molecule has 1 aromatic heterocycles. The van der Waals surface area contributed by atoms with Crippen LogP contribution in [0.3, 0.4) is 0 Å². The second-order valence-electron chi connectivity index (χ2n) is 7.24. The van der Waals surface area contributed by atoms with Crippen LogP contribution in [0, 0.1) is 5.82 Å². The van der Waals surface area contributed by atoms with Gasteiger partial charge in [-0.3, -0.25) is 9.48 Å². The molecule has 2 aliphatic rings. The Morgan fingerprint density at radius 1 is 1.07 bits per heavy atom. The first-order valence-corrected chi connectivity index (χ1v) is 11.1. The first-order chi connectivity index (χ1) is 13.4. The van der Waals surface area contributed by atoms with Crippen molar-refractivity contribution in [2.24, 2.45) is 0 Å². The molecule has 0 bridgehead atoms. The number of carbonyl (C=O) groups is 1. The number of rotatable bonds is 4. The molecule has 150 valence electrons. The second kappa shape index (κ2) is 7.63.